The van der Waals surface area contributed by atoms with Crippen molar-refractivity contribution in [2.45, 2.75) is 26.7 Å². The van der Waals surface area contributed by atoms with Crippen LogP contribution in [0.25, 0.3) is 0 Å². The van der Waals surface area contributed by atoms with Crippen LogP contribution in [0.5, 0.6) is 0 Å². The Morgan fingerprint density at radius 1 is 1.44 bits per heavy atom. The number of aromatic nitrogens is 2. The van der Waals surface area contributed by atoms with Gasteiger partial charge in [-0.2, -0.15) is 5.10 Å². The standard InChI is InChI=1S/C13H23N3/c1-12(2)9-14-8-6-4-5-7-13-10-15-16(3)11-13/h4-5,10-12,14H,6-9H2,1-3H3. The minimum atomic E-state index is 0.736. The average Bonchev–Trinajstić information content (AvgIpc) is 2.62. The molecule has 1 heterocycles. The Kier molecular flexibility index (Phi) is 5.86. The molecule has 0 radical (unpaired) electrons. The predicted molar refractivity (Wildman–Crippen MR) is 68.4 cm³/mol. The van der Waals surface area contributed by atoms with Crippen LogP contribution in [0.3, 0.4) is 0 Å². The molecule has 0 saturated heterocycles. The molecule has 0 unspecified atom stereocenters. The molecular weight excluding hydrogens is 198 g/mol. The van der Waals surface area contributed by atoms with Crippen LogP contribution in [0.4, 0.5) is 0 Å². The third kappa shape index (κ3) is 5.71. The highest BCUT2D eigenvalue weighted by atomic mass is 15.2. The molecular formula is C13H23N3. The van der Waals surface area contributed by atoms with Gasteiger partial charge in [0.15, 0.2) is 0 Å². The smallest absolute Gasteiger partial charge is 0.0524 e. The van der Waals surface area contributed by atoms with Crippen molar-refractivity contribution in [3.63, 3.8) is 0 Å². The van der Waals surface area contributed by atoms with Gasteiger partial charge < -0.3 is 5.32 Å². The van der Waals surface area contributed by atoms with Crippen LogP contribution < -0.4 is 5.32 Å². The first-order valence-corrected chi connectivity index (χ1v) is 6.01. The van der Waals surface area contributed by atoms with Gasteiger partial charge in [0.1, 0.15) is 0 Å². The number of aryl methyl sites for hydroxylation is 1. The van der Waals surface area contributed by atoms with E-state index in [1.54, 1.807) is 0 Å². The molecule has 1 aromatic heterocycles. The Morgan fingerprint density at radius 2 is 2.25 bits per heavy atom. The molecule has 0 fully saturated rings. The van der Waals surface area contributed by atoms with Crippen LogP contribution in [0, 0.1) is 5.92 Å². The monoisotopic (exact) mass is 221 g/mol. The molecule has 3 nitrogen and oxygen atoms in total. The van der Waals surface area contributed by atoms with Gasteiger partial charge in [0.05, 0.1) is 6.20 Å². The fourth-order valence-electron chi connectivity index (χ4n) is 1.49. The molecule has 0 spiro atoms. The minimum absolute atomic E-state index is 0.736. The van der Waals surface area contributed by atoms with Crippen LogP contribution in [-0.4, -0.2) is 22.9 Å². The van der Waals surface area contributed by atoms with E-state index in [0.29, 0.717) is 0 Å². The number of nitrogens with zero attached hydrogens (tertiary/aromatic N) is 2. The highest BCUT2D eigenvalue weighted by Crippen LogP contribution is 1.98. The lowest BCUT2D eigenvalue weighted by atomic mass is 10.2. The van der Waals surface area contributed by atoms with E-state index in [-0.39, 0.29) is 0 Å². The van der Waals surface area contributed by atoms with Gasteiger partial charge in [0.2, 0.25) is 0 Å². The van der Waals surface area contributed by atoms with Gasteiger partial charge in [-0.25, -0.2) is 0 Å². The quantitative estimate of drug-likeness (QED) is 0.565. The average molecular weight is 221 g/mol. The van der Waals surface area contributed by atoms with Gasteiger partial charge in [0, 0.05) is 13.2 Å². The highest BCUT2D eigenvalue weighted by molar-refractivity contribution is 5.08. The van der Waals surface area contributed by atoms with Crippen molar-refractivity contribution in [2.75, 3.05) is 13.1 Å². The number of hydrogen-bond acceptors (Lipinski definition) is 2. The molecule has 1 N–H and O–H groups in total. The van der Waals surface area contributed by atoms with Crippen LogP contribution in [0.2, 0.25) is 0 Å². The molecule has 0 aliphatic rings. The van der Waals surface area contributed by atoms with Crippen molar-refractivity contribution in [3.05, 3.63) is 30.1 Å². The first-order valence-electron chi connectivity index (χ1n) is 6.01. The zero-order valence-corrected chi connectivity index (χ0v) is 10.6. The maximum absolute atomic E-state index is 4.13. The molecule has 3 heteroatoms. The van der Waals surface area contributed by atoms with Crippen LogP contribution >= 0.6 is 0 Å². The summed E-state index contributed by atoms with van der Waals surface area (Å²) in [5.41, 5.74) is 1.27. The van der Waals surface area contributed by atoms with Crippen molar-refractivity contribution < 1.29 is 0 Å². The van der Waals surface area contributed by atoms with E-state index in [1.807, 2.05) is 17.9 Å². The lowest BCUT2D eigenvalue weighted by Gasteiger charge is -2.04. The summed E-state index contributed by atoms with van der Waals surface area (Å²) < 4.78 is 1.84. The van der Waals surface area contributed by atoms with Crippen molar-refractivity contribution in [1.29, 1.82) is 0 Å². The topological polar surface area (TPSA) is 29.9 Å². The molecule has 0 bridgehead atoms. The summed E-state index contributed by atoms with van der Waals surface area (Å²) in [5, 5.41) is 7.55. The zero-order valence-electron chi connectivity index (χ0n) is 10.6. The summed E-state index contributed by atoms with van der Waals surface area (Å²) >= 11 is 0. The highest BCUT2D eigenvalue weighted by Gasteiger charge is 1.92. The summed E-state index contributed by atoms with van der Waals surface area (Å²) in [7, 11) is 1.95. The van der Waals surface area contributed by atoms with Gasteiger partial charge in [-0.15, -0.1) is 0 Å². The summed E-state index contributed by atoms with van der Waals surface area (Å²) in [6.07, 6.45) is 10.5. The summed E-state index contributed by atoms with van der Waals surface area (Å²) in [5.74, 6) is 0.736. The van der Waals surface area contributed by atoms with Crippen molar-refractivity contribution in [1.82, 2.24) is 15.1 Å². The largest absolute Gasteiger partial charge is 0.316 e. The fraction of sp³-hybridized carbons (Fsp3) is 0.615. The molecule has 0 atom stereocenters. The Balaban J connectivity index is 2.05. The van der Waals surface area contributed by atoms with Crippen molar-refractivity contribution in [3.8, 4) is 0 Å². The maximum atomic E-state index is 4.13. The molecule has 16 heavy (non-hydrogen) atoms. The molecule has 0 aliphatic heterocycles. The van der Waals surface area contributed by atoms with Crippen molar-refractivity contribution >= 4 is 0 Å². The summed E-state index contributed by atoms with van der Waals surface area (Å²) in [6.45, 7) is 6.63. The number of allylic oxidation sites excluding steroid dienone is 1. The minimum Gasteiger partial charge on any atom is -0.316 e. The molecule has 90 valence electrons. The van der Waals surface area contributed by atoms with Gasteiger partial charge in [0.25, 0.3) is 0 Å². The molecule has 0 amide bonds. The first-order chi connectivity index (χ1) is 7.68. The van der Waals surface area contributed by atoms with E-state index in [2.05, 4.69) is 42.6 Å². The second-order valence-electron chi connectivity index (χ2n) is 4.58. The maximum Gasteiger partial charge on any atom is 0.0524 e. The molecule has 1 aromatic rings. The third-order valence-electron chi connectivity index (χ3n) is 2.32. The summed E-state index contributed by atoms with van der Waals surface area (Å²) in [4.78, 5) is 0. The van der Waals surface area contributed by atoms with Crippen molar-refractivity contribution in [2.24, 2.45) is 13.0 Å². The van der Waals surface area contributed by atoms with Crippen LogP contribution in [0.1, 0.15) is 25.8 Å². The lowest BCUT2D eigenvalue weighted by Crippen LogP contribution is -2.20. The second-order valence-corrected chi connectivity index (χ2v) is 4.58. The Labute approximate surface area is 98.5 Å². The molecule has 1 rings (SSSR count). The van der Waals surface area contributed by atoms with Crippen LogP contribution in [0.15, 0.2) is 24.5 Å². The Morgan fingerprint density at radius 3 is 2.88 bits per heavy atom. The Bertz CT molecular complexity index is 313. The van der Waals surface area contributed by atoms with E-state index >= 15 is 0 Å². The lowest BCUT2D eigenvalue weighted by molar-refractivity contribution is 0.556. The SMILES string of the molecule is CC(C)CNCCC=CCc1cnn(C)c1. The van der Waals surface area contributed by atoms with E-state index in [4.69, 9.17) is 0 Å². The van der Waals surface area contributed by atoms with Crippen LogP contribution in [-0.2, 0) is 13.5 Å². The predicted octanol–water partition coefficient (Wildman–Crippen LogP) is 2.15. The van der Waals surface area contributed by atoms with Gasteiger partial charge >= 0.3 is 0 Å². The number of nitrogens with one attached hydrogen (secondary N) is 1. The zero-order chi connectivity index (χ0) is 11.8. The van der Waals surface area contributed by atoms with Gasteiger partial charge in [-0.05, 0) is 37.4 Å². The number of hydrogen-bond donors (Lipinski definition) is 1. The van der Waals surface area contributed by atoms with E-state index < -0.39 is 0 Å². The molecule has 0 aliphatic carbocycles. The van der Waals surface area contributed by atoms with E-state index in [9.17, 15) is 0 Å². The van der Waals surface area contributed by atoms with Gasteiger partial charge in [-0.3, -0.25) is 4.68 Å². The Hall–Kier alpha value is -1.09. The van der Waals surface area contributed by atoms with Gasteiger partial charge in [-0.1, -0.05) is 26.0 Å². The molecule has 0 aromatic carbocycles. The first kappa shape index (κ1) is 13.0. The number of rotatable bonds is 7. The molecule has 0 saturated carbocycles. The normalized spacial score (nSPS) is 11.8. The fourth-order valence-corrected chi connectivity index (χ4v) is 1.49. The summed E-state index contributed by atoms with van der Waals surface area (Å²) in [6, 6.07) is 0. The second kappa shape index (κ2) is 7.23. The van der Waals surface area contributed by atoms with E-state index in [0.717, 1.165) is 31.8 Å². The van der Waals surface area contributed by atoms with E-state index in [1.165, 1.54) is 5.56 Å². The third-order valence-corrected chi connectivity index (χ3v) is 2.32.